The molecule has 0 aliphatic heterocycles. The summed E-state index contributed by atoms with van der Waals surface area (Å²) in [5.41, 5.74) is 0.558. The van der Waals surface area contributed by atoms with Gasteiger partial charge in [-0.1, -0.05) is 60.7 Å². The van der Waals surface area contributed by atoms with Crippen molar-refractivity contribution >= 4 is 11.0 Å². The summed E-state index contributed by atoms with van der Waals surface area (Å²) in [6.45, 7) is 0.0372. The van der Waals surface area contributed by atoms with E-state index in [1.165, 1.54) is 6.07 Å². The lowest BCUT2D eigenvalue weighted by Gasteiger charge is -2.13. The normalized spacial score (nSPS) is 10.9. The monoisotopic (exact) mass is 376 g/mol. The third kappa shape index (κ3) is 3.01. The van der Waals surface area contributed by atoms with Crippen LogP contribution in [0.2, 0.25) is 0 Å². The van der Waals surface area contributed by atoms with Gasteiger partial charge in [0.25, 0.3) is 0 Å². The molecule has 1 heterocycles. The Kier molecular flexibility index (Phi) is 4.37. The molecule has 0 atom stereocenters. The summed E-state index contributed by atoms with van der Waals surface area (Å²) in [7, 11) is 0. The molecule has 0 radical (unpaired) electrons. The van der Waals surface area contributed by atoms with Crippen molar-refractivity contribution in [3.8, 4) is 34.3 Å². The molecule has 0 saturated heterocycles. The van der Waals surface area contributed by atoms with Crippen LogP contribution in [0, 0.1) is 0 Å². The van der Waals surface area contributed by atoms with Crippen LogP contribution in [-0.2, 0) is 6.61 Å². The smallest absolute Gasteiger partial charge is 0.211 e. The molecule has 0 unspecified atom stereocenters. The lowest BCUT2D eigenvalue weighted by Crippen LogP contribution is -2.03. The Morgan fingerprint density at radius 2 is 1.46 bits per heavy atom. The van der Waals surface area contributed by atoms with Crippen molar-refractivity contribution in [2.45, 2.75) is 6.61 Å². The molecule has 140 valence electrons. The van der Waals surface area contributed by atoms with Gasteiger partial charge in [-0.15, -0.1) is 0 Å². The van der Waals surface area contributed by atoms with Gasteiger partial charge in [-0.3, -0.25) is 4.79 Å². The van der Waals surface area contributed by atoms with E-state index in [-0.39, 0.29) is 29.1 Å². The molecule has 0 spiro atoms. The SMILES string of the molecule is O=c1cc(-c2ccccc2)oc2c(O)c(OCc3ccccc3)c(O)c(O)c12. The van der Waals surface area contributed by atoms with Gasteiger partial charge in [0.2, 0.25) is 17.2 Å². The molecule has 0 fully saturated rings. The third-order valence-electron chi connectivity index (χ3n) is 4.34. The van der Waals surface area contributed by atoms with Crippen molar-refractivity contribution < 1.29 is 24.5 Å². The van der Waals surface area contributed by atoms with Crippen LogP contribution in [0.5, 0.6) is 23.0 Å². The van der Waals surface area contributed by atoms with Crippen LogP contribution in [-0.4, -0.2) is 15.3 Å². The second-order valence-corrected chi connectivity index (χ2v) is 6.19. The highest BCUT2D eigenvalue weighted by molar-refractivity contribution is 5.94. The fraction of sp³-hybridized carbons (Fsp3) is 0.0455. The summed E-state index contributed by atoms with van der Waals surface area (Å²) in [5.74, 6) is -2.13. The van der Waals surface area contributed by atoms with Gasteiger partial charge in [0.1, 0.15) is 17.8 Å². The molecule has 6 heteroatoms. The molecule has 6 nitrogen and oxygen atoms in total. The Labute approximate surface area is 159 Å². The molecule has 0 amide bonds. The highest BCUT2D eigenvalue weighted by Crippen LogP contribution is 2.49. The molecule has 0 saturated carbocycles. The van der Waals surface area contributed by atoms with Gasteiger partial charge in [0, 0.05) is 11.6 Å². The average Bonchev–Trinajstić information content (AvgIpc) is 2.73. The summed E-state index contributed by atoms with van der Waals surface area (Å²) < 4.78 is 11.2. The minimum Gasteiger partial charge on any atom is -0.504 e. The van der Waals surface area contributed by atoms with E-state index in [4.69, 9.17) is 9.15 Å². The molecular weight excluding hydrogens is 360 g/mol. The number of phenols is 3. The number of hydrogen-bond donors (Lipinski definition) is 3. The maximum absolute atomic E-state index is 12.5. The Morgan fingerprint density at radius 3 is 2.14 bits per heavy atom. The van der Waals surface area contributed by atoms with Crippen LogP contribution in [0.3, 0.4) is 0 Å². The van der Waals surface area contributed by atoms with Gasteiger partial charge < -0.3 is 24.5 Å². The van der Waals surface area contributed by atoms with Crippen molar-refractivity contribution in [2.75, 3.05) is 0 Å². The Morgan fingerprint density at radius 1 is 0.821 bits per heavy atom. The standard InChI is InChI=1S/C22H16O6/c23-15-11-16(14-9-5-2-6-10-14)28-21-17(15)18(24)19(25)22(20(21)26)27-12-13-7-3-1-4-8-13/h1-11,24-26H,12H2. The second kappa shape index (κ2) is 7.00. The first-order valence-corrected chi connectivity index (χ1v) is 8.53. The molecule has 0 bridgehead atoms. The molecule has 4 rings (SSSR count). The van der Waals surface area contributed by atoms with Crippen molar-refractivity contribution in [1.82, 2.24) is 0 Å². The van der Waals surface area contributed by atoms with E-state index in [0.29, 0.717) is 5.56 Å². The fourth-order valence-electron chi connectivity index (χ4n) is 2.94. The van der Waals surface area contributed by atoms with Crippen LogP contribution < -0.4 is 10.2 Å². The molecule has 0 aliphatic rings. The van der Waals surface area contributed by atoms with E-state index >= 15 is 0 Å². The topological polar surface area (TPSA) is 100 Å². The summed E-state index contributed by atoms with van der Waals surface area (Å²) in [4.78, 5) is 12.5. The maximum atomic E-state index is 12.5. The van der Waals surface area contributed by atoms with Gasteiger partial charge in [-0.05, 0) is 5.56 Å². The van der Waals surface area contributed by atoms with Crippen LogP contribution in [0.25, 0.3) is 22.3 Å². The lowest BCUT2D eigenvalue weighted by atomic mass is 10.1. The minimum atomic E-state index is -0.722. The molecule has 28 heavy (non-hydrogen) atoms. The molecule has 3 N–H and O–H groups in total. The summed E-state index contributed by atoms with van der Waals surface area (Å²) >= 11 is 0. The van der Waals surface area contributed by atoms with Gasteiger partial charge in [0.15, 0.2) is 16.8 Å². The van der Waals surface area contributed by atoms with E-state index in [1.807, 2.05) is 36.4 Å². The zero-order valence-corrected chi connectivity index (χ0v) is 14.6. The number of benzene rings is 3. The van der Waals surface area contributed by atoms with Gasteiger partial charge in [-0.2, -0.15) is 0 Å². The average molecular weight is 376 g/mol. The van der Waals surface area contributed by atoms with Crippen molar-refractivity contribution in [3.05, 3.63) is 82.5 Å². The molecule has 1 aromatic heterocycles. The second-order valence-electron chi connectivity index (χ2n) is 6.19. The van der Waals surface area contributed by atoms with E-state index in [1.54, 1.807) is 24.3 Å². The lowest BCUT2D eigenvalue weighted by molar-refractivity contribution is 0.268. The summed E-state index contributed by atoms with van der Waals surface area (Å²) in [5, 5.41) is 30.8. The quantitative estimate of drug-likeness (QED) is 0.365. The van der Waals surface area contributed by atoms with Crippen molar-refractivity contribution in [2.24, 2.45) is 0 Å². The molecule has 4 aromatic rings. The minimum absolute atomic E-state index is 0.0372. The maximum Gasteiger partial charge on any atom is 0.211 e. The predicted molar refractivity (Wildman–Crippen MR) is 104 cm³/mol. The van der Waals surface area contributed by atoms with Crippen molar-refractivity contribution in [3.63, 3.8) is 0 Å². The van der Waals surface area contributed by atoms with Crippen molar-refractivity contribution in [1.29, 1.82) is 0 Å². The zero-order chi connectivity index (χ0) is 19.7. The van der Waals surface area contributed by atoms with Crippen LogP contribution in [0.4, 0.5) is 0 Å². The zero-order valence-electron chi connectivity index (χ0n) is 14.6. The first-order valence-electron chi connectivity index (χ1n) is 8.53. The van der Waals surface area contributed by atoms with Crippen LogP contribution >= 0.6 is 0 Å². The van der Waals surface area contributed by atoms with Gasteiger partial charge in [-0.25, -0.2) is 0 Å². The largest absolute Gasteiger partial charge is 0.504 e. The van der Waals surface area contributed by atoms with Gasteiger partial charge >= 0.3 is 0 Å². The highest BCUT2D eigenvalue weighted by Gasteiger charge is 2.24. The highest BCUT2D eigenvalue weighted by atomic mass is 16.5. The van der Waals surface area contributed by atoms with E-state index in [2.05, 4.69) is 0 Å². The van der Waals surface area contributed by atoms with Crippen LogP contribution in [0.1, 0.15) is 5.56 Å². The van der Waals surface area contributed by atoms with Crippen LogP contribution in [0.15, 0.2) is 75.9 Å². The number of aromatic hydroxyl groups is 3. The Balaban J connectivity index is 1.86. The number of fused-ring (bicyclic) bond motifs is 1. The Hall–Kier alpha value is -3.93. The molecule has 0 aliphatic carbocycles. The third-order valence-corrected chi connectivity index (χ3v) is 4.34. The first kappa shape index (κ1) is 17.5. The van der Waals surface area contributed by atoms with Gasteiger partial charge in [0.05, 0.1) is 0 Å². The number of phenolic OH excluding ortho intramolecular Hbond substituents is 3. The van der Waals surface area contributed by atoms with E-state index < -0.39 is 22.7 Å². The first-order chi connectivity index (χ1) is 13.6. The fourth-order valence-corrected chi connectivity index (χ4v) is 2.94. The number of ether oxygens (including phenoxy) is 1. The summed E-state index contributed by atoms with van der Waals surface area (Å²) in [6.07, 6.45) is 0. The van der Waals surface area contributed by atoms with E-state index in [9.17, 15) is 20.1 Å². The van der Waals surface area contributed by atoms with E-state index in [0.717, 1.165) is 5.56 Å². The predicted octanol–water partition coefficient (Wildman–Crippen LogP) is 4.16. The molecular formula is C22H16O6. The molecule has 3 aromatic carbocycles. The Bertz CT molecular complexity index is 1200. The summed E-state index contributed by atoms with van der Waals surface area (Å²) in [6, 6.07) is 19.2. The number of hydrogen-bond acceptors (Lipinski definition) is 6. The number of rotatable bonds is 4.